The number of nitrogens with zero attached hydrogens (tertiary/aromatic N) is 5. The third-order valence-corrected chi connectivity index (χ3v) is 15.5. The van der Waals surface area contributed by atoms with Crippen molar-refractivity contribution in [2.24, 2.45) is 0 Å². The van der Waals surface area contributed by atoms with Crippen molar-refractivity contribution < 1.29 is 29.6 Å². The summed E-state index contributed by atoms with van der Waals surface area (Å²) in [6.45, 7) is 16.4. The average molecular weight is 1120 g/mol. The molecule has 1 N–H and O–H groups in total. The van der Waals surface area contributed by atoms with Crippen LogP contribution in [0.4, 0.5) is 0 Å². The molecule has 7 aromatic carbocycles. The molecule has 12 aromatic rings. The number of imidazole rings is 1. The van der Waals surface area contributed by atoms with Crippen LogP contribution in [0.5, 0.6) is 5.75 Å². The van der Waals surface area contributed by atoms with Crippen LogP contribution in [0.1, 0.15) is 50.7 Å². The van der Waals surface area contributed by atoms with E-state index in [0.717, 1.165) is 77.7 Å². The van der Waals surface area contributed by atoms with E-state index < -0.39 is 8.07 Å². The first-order valence-corrected chi connectivity index (χ1v) is 27.6. The van der Waals surface area contributed by atoms with Crippen LogP contribution in [0, 0.1) is 6.07 Å². The zero-order valence-electron chi connectivity index (χ0n) is 40.9. The second-order valence-electron chi connectivity index (χ2n) is 19.7. The molecular formula is C62H54IrN5O2Si-. The summed E-state index contributed by atoms with van der Waals surface area (Å²) in [6, 6.07) is 64.2. The van der Waals surface area contributed by atoms with Crippen LogP contribution in [0.3, 0.4) is 0 Å². The van der Waals surface area contributed by atoms with E-state index in [2.05, 4.69) is 171 Å². The van der Waals surface area contributed by atoms with Crippen LogP contribution < -0.4 is 5.19 Å². The number of furan rings is 1. The van der Waals surface area contributed by atoms with Gasteiger partial charge >= 0.3 is 0 Å². The fourth-order valence-electron chi connectivity index (χ4n) is 9.84. The molecule has 1 radical (unpaired) electrons. The van der Waals surface area contributed by atoms with Crippen molar-refractivity contribution in [3.05, 3.63) is 199 Å². The Hall–Kier alpha value is -7.42. The number of phenolic OH excluding ortho intramolecular Hbond substituents is 1. The Kier molecular flexibility index (Phi) is 12.7. The van der Waals surface area contributed by atoms with Gasteiger partial charge in [-0.15, -0.1) is 18.2 Å². The van der Waals surface area contributed by atoms with Crippen LogP contribution in [0.2, 0.25) is 19.6 Å². The largest absolute Gasteiger partial charge is 0.507 e. The minimum absolute atomic E-state index is 0. The fraction of sp³-hybridized carbons (Fsp3) is 0.145. The van der Waals surface area contributed by atoms with Crippen molar-refractivity contribution in [2.45, 2.75) is 59.2 Å². The molecule has 9 heteroatoms. The molecule has 5 aromatic heterocycles. The first-order valence-electron chi connectivity index (χ1n) is 24.1. The van der Waals surface area contributed by atoms with Gasteiger partial charge < -0.3 is 18.7 Å². The molecule has 0 amide bonds. The number of hydrogen-bond donors (Lipinski definition) is 1. The van der Waals surface area contributed by atoms with E-state index in [4.69, 9.17) is 14.4 Å². The van der Waals surface area contributed by atoms with Crippen LogP contribution in [0.15, 0.2) is 187 Å². The number of fused-ring (bicyclic) bond motifs is 7. The smallest absolute Gasteiger partial charge is 0.216 e. The van der Waals surface area contributed by atoms with Crippen molar-refractivity contribution in [2.75, 3.05) is 0 Å². The maximum absolute atomic E-state index is 10.2. The summed E-state index contributed by atoms with van der Waals surface area (Å²) in [7, 11) is -1.40. The molecule has 0 saturated carbocycles. The number of hydrogen-bond acceptors (Lipinski definition) is 5. The SMILES string of the molecule is CC(C)c1cc(-c2ccc([Si](C)(C)C)cc2)cc(C(C)C)c1-n1c(-c2[c-]ccc3c2oc2nc(-c4ccccc4)ccc23)nc2ccccc21.Oc1cccc2c1c1ncccc1n2-c1ccccc1.[Ir]. The summed E-state index contributed by atoms with van der Waals surface area (Å²) >= 11 is 0. The monoisotopic (exact) mass is 1120 g/mol. The summed E-state index contributed by atoms with van der Waals surface area (Å²) in [4.78, 5) is 14.7. The van der Waals surface area contributed by atoms with E-state index in [1.165, 1.54) is 33.1 Å². The number of pyridine rings is 2. The molecule has 71 heavy (non-hydrogen) atoms. The minimum atomic E-state index is -1.40. The summed E-state index contributed by atoms with van der Waals surface area (Å²) in [5.41, 5.74) is 16.2. The van der Waals surface area contributed by atoms with Gasteiger partial charge in [-0.05, 0) is 107 Å². The first kappa shape index (κ1) is 47.3. The molecule has 0 spiro atoms. The predicted molar refractivity (Wildman–Crippen MR) is 293 cm³/mol. The third-order valence-electron chi connectivity index (χ3n) is 13.4. The van der Waals surface area contributed by atoms with Gasteiger partial charge in [0.1, 0.15) is 11.3 Å². The molecule has 0 aliphatic carbocycles. The average Bonchev–Trinajstić information content (AvgIpc) is 4.06. The van der Waals surface area contributed by atoms with Gasteiger partial charge in [0.25, 0.3) is 0 Å². The molecule has 0 aliphatic rings. The standard InChI is InChI=1S/C45H42N3OSi.C17H12N2O.Ir/c1-28(2)37-26-32(30-20-22-33(23-21-30)50(5,6)7)27-38(29(3)4)42(37)48-41-19-12-11-18-40(41)46-44(48)36-17-13-16-34-35-24-25-39(31-14-9-8-10-15-31)47-45(35)49-43(34)36;20-15-10-4-8-13-16(15)17-14(9-5-11-18-17)19(13)12-6-2-1-3-7-12;/h8-16,18-29H,1-7H3;1-11,20H;/q-1;;. The molecule has 0 fully saturated rings. The first-order chi connectivity index (χ1) is 33.9. The number of aromatic nitrogens is 5. The Balaban J connectivity index is 0.000000230. The van der Waals surface area contributed by atoms with E-state index >= 15 is 0 Å². The second kappa shape index (κ2) is 19.1. The van der Waals surface area contributed by atoms with Crippen molar-refractivity contribution >= 4 is 68.3 Å². The second-order valence-corrected chi connectivity index (χ2v) is 24.8. The van der Waals surface area contributed by atoms with Crippen LogP contribution in [-0.4, -0.2) is 37.3 Å². The van der Waals surface area contributed by atoms with Crippen LogP contribution in [0.25, 0.3) is 100 Å². The molecular weight excluding hydrogens is 1070 g/mol. The van der Waals surface area contributed by atoms with Gasteiger partial charge in [0.05, 0.1) is 52.6 Å². The van der Waals surface area contributed by atoms with E-state index in [9.17, 15) is 5.11 Å². The van der Waals surface area contributed by atoms with Crippen molar-refractivity contribution in [1.82, 2.24) is 24.1 Å². The minimum Gasteiger partial charge on any atom is -0.507 e. The van der Waals surface area contributed by atoms with Crippen molar-refractivity contribution in [3.8, 4) is 50.9 Å². The maximum Gasteiger partial charge on any atom is 0.216 e. The predicted octanol–water partition coefficient (Wildman–Crippen LogP) is 15.8. The van der Waals surface area contributed by atoms with Gasteiger partial charge in [-0.3, -0.25) is 9.97 Å². The Morgan fingerprint density at radius 3 is 1.96 bits per heavy atom. The third kappa shape index (κ3) is 8.58. The molecule has 5 heterocycles. The molecule has 0 saturated heterocycles. The number of phenols is 1. The number of rotatable bonds is 8. The summed E-state index contributed by atoms with van der Waals surface area (Å²) < 4.78 is 11.1. The van der Waals surface area contributed by atoms with Crippen molar-refractivity contribution in [3.63, 3.8) is 0 Å². The molecule has 0 unspecified atom stereocenters. The summed E-state index contributed by atoms with van der Waals surface area (Å²) in [6.07, 6.45) is 1.75. The number of benzene rings is 7. The van der Waals surface area contributed by atoms with E-state index in [-0.39, 0.29) is 37.7 Å². The zero-order chi connectivity index (χ0) is 48.3. The van der Waals surface area contributed by atoms with E-state index in [1.54, 1.807) is 12.3 Å². The van der Waals surface area contributed by atoms with Crippen LogP contribution in [-0.2, 0) is 20.1 Å². The molecule has 7 nitrogen and oxygen atoms in total. The number of para-hydroxylation sites is 3. The fourth-order valence-corrected chi connectivity index (χ4v) is 11.0. The van der Waals surface area contributed by atoms with Crippen LogP contribution >= 0.6 is 0 Å². The molecule has 0 bridgehead atoms. The molecule has 12 rings (SSSR count). The Bertz CT molecular complexity index is 3860. The van der Waals surface area contributed by atoms with Gasteiger partial charge in [0.2, 0.25) is 5.71 Å². The maximum atomic E-state index is 10.2. The Morgan fingerprint density at radius 2 is 1.25 bits per heavy atom. The van der Waals surface area contributed by atoms with Crippen molar-refractivity contribution in [1.29, 1.82) is 0 Å². The zero-order valence-corrected chi connectivity index (χ0v) is 44.3. The molecule has 353 valence electrons. The van der Waals surface area contributed by atoms with E-state index in [0.29, 0.717) is 5.71 Å². The van der Waals surface area contributed by atoms with Gasteiger partial charge in [-0.1, -0.05) is 154 Å². The Labute approximate surface area is 428 Å². The van der Waals surface area contributed by atoms with Gasteiger partial charge in [-0.2, -0.15) is 0 Å². The Morgan fingerprint density at radius 1 is 0.592 bits per heavy atom. The normalized spacial score (nSPS) is 11.8. The topological polar surface area (TPSA) is 81.9 Å². The summed E-state index contributed by atoms with van der Waals surface area (Å²) in [5.74, 6) is 1.62. The quantitative estimate of drug-likeness (QED) is 0.121. The number of aromatic hydroxyl groups is 1. The van der Waals surface area contributed by atoms with Gasteiger partial charge in [0, 0.05) is 48.6 Å². The van der Waals surface area contributed by atoms with Gasteiger partial charge in [-0.25, -0.2) is 4.98 Å². The molecule has 0 atom stereocenters. The summed E-state index contributed by atoms with van der Waals surface area (Å²) in [5, 5.41) is 14.4. The molecule has 0 aliphatic heterocycles. The van der Waals surface area contributed by atoms with Gasteiger partial charge in [0.15, 0.2) is 0 Å². The van der Waals surface area contributed by atoms with E-state index in [1.807, 2.05) is 66.7 Å².